The second-order valence-corrected chi connectivity index (χ2v) is 4.35. The maximum Gasteiger partial charge on any atom is 0.194 e. The second kappa shape index (κ2) is 5.27. The molecule has 2 aromatic rings. The van der Waals surface area contributed by atoms with Crippen LogP contribution in [0.1, 0.15) is 12.3 Å². The average Bonchev–Trinajstić information content (AvgIpc) is 2.75. The van der Waals surface area contributed by atoms with Crippen LogP contribution in [0.5, 0.6) is 0 Å². The number of benzene rings is 1. The molecule has 0 aliphatic rings. The molecule has 0 saturated heterocycles. The minimum absolute atomic E-state index is 0.659. The summed E-state index contributed by atoms with van der Waals surface area (Å²) in [6.45, 7) is 0.659. The molecular formula is C12H13BrN2O. The third kappa shape index (κ3) is 2.51. The summed E-state index contributed by atoms with van der Waals surface area (Å²) in [5, 5.41) is 0. The molecule has 1 aromatic heterocycles. The van der Waals surface area contributed by atoms with Crippen molar-refractivity contribution in [2.75, 3.05) is 6.54 Å². The Morgan fingerprint density at radius 2 is 2.12 bits per heavy atom. The fourth-order valence-corrected chi connectivity index (χ4v) is 1.96. The normalized spacial score (nSPS) is 10.6. The summed E-state index contributed by atoms with van der Waals surface area (Å²) >= 11 is 3.49. The quantitative estimate of drug-likeness (QED) is 0.937. The van der Waals surface area contributed by atoms with Crippen molar-refractivity contribution in [1.29, 1.82) is 0 Å². The molecule has 2 rings (SSSR count). The lowest BCUT2D eigenvalue weighted by atomic mass is 10.2. The van der Waals surface area contributed by atoms with Crippen LogP contribution >= 0.6 is 15.9 Å². The van der Waals surface area contributed by atoms with Gasteiger partial charge in [0.05, 0.1) is 0 Å². The van der Waals surface area contributed by atoms with E-state index in [4.69, 9.17) is 10.2 Å². The summed E-state index contributed by atoms with van der Waals surface area (Å²) in [5.74, 6) is 0.746. The van der Waals surface area contributed by atoms with E-state index in [-0.39, 0.29) is 0 Å². The van der Waals surface area contributed by atoms with E-state index in [0.717, 1.165) is 34.5 Å². The predicted octanol–water partition coefficient (Wildman–Crippen LogP) is 3.00. The summed E-state index contributed by atoms with van der Waals surface area (Å²) in [5.41, 5.74) is 7.35. The van der Waals surface area contributed by atoms with Crippen LogP contribution < -0.4 is 5.73 Å². The largest absolute Gasteiger partial charge is 0.448 e. The Morgan fingerprint density at radius 3 is 2.88 bits per heavy atom. The third-order valence-corrected chi connectivity index (χ3v) is 2.99. The maximum atomic E-state index is 5.44. The molecule has 3 nitrogen and oxygen atoms in total. The lowest BCUT2D eigenvalue weighted by molar-refractivity contribution is 0.488. The van der Waals surface area contributed by atoms with Crippen molar-refractivity contribution < 1.29 is 4.42 Å². The molecule has 1 aromatic carbocycles. The van der Waals surface area contributed by atoms with E-state index < -0.39 is 0 Å². The summed E-state index contributed by atoms with van der Waals surface area (Å²) in [6.07, 6.45) is 3.38. The molecule has 0 fully saturated rings. The van der Waals surface area contributed by atoms with Crippen LogP contribution in [0, 0.1) is 0 Å². The van der Waals surface area contributed by atoms with Crippen LogP contribution in [-0.4, -0.2) is 11.5 Å². The van der Waals surface area contributed by atoms with E-state index in [1.54, 1.807) is 6.26 Å². The van der Waals surface area contributed by atoms with Gasteiger partial charge in [0.15, 0.2) is 5.89 Å². The highest BCUT2D eigenvalue weighted by Gasteiger charge is 2.08. The van der Waals surface area contributed by atoms with Crippen molar-refractivity contribution in [3.05, 3.63) is 40.9 Å². The number of aryl methyl sites for hydroxylation is 1. The first-order chi connectivity index (χ1) is 7.81. The predicted molar refractivity (Wildman–Crippen MR) is 67.0 cm³/mol. The fourth-order valence-electron chi connectivity index (χ4n) is 1.47. The van der Waals surface area contributed by atoms with E-state index in [1.165, 1.54) is 0 Å². The van der Waals surface area contributed by atoms with Crippen LogP contribution in [0.3, 0.4) is 0 Å². The van der Waals surface area contributed by atoms with Crippen molar-refractivity contribution in [1.82, 2.24) is 4.98 Å². The van der Waals surface area contributed by atoms with Gasteiger partial charge in [-0.3, -0.25) is 0 Å². The van der Waals surface area contributed by atoms with E-state index >= 15 is 0 Å². The number of hydrogen-bond acceptors (Lipinski definition) is 3. The standard InChI is InChI=1S/C12H13BrN2O/c13-10-5-2-1-4-9(10)11-8-16-12(15-11)6-3-7-14/h1-2,4-5,8H,3,6-7,14H2. The van der Waals surface area contributed by atoms with Gasteiger partial charge in [0.2, 0.25) is 0 Å². The average molecular weight is 281 g/mol. The van der Waals surface area contributed by atoms with Gasteiger partial charge in [-0.1, -0.05) is 34.1 Å². The number of nitrogens with zero attached hydrogens (tertiary/aromatic N) is 1. The Hall–Kier alpha value is -1.13. The molecule has 1 heterocycles. The van der Waals surface area contributed by atoms with E-state index in [2.05, 4.69) is 20.9 Å². The molecule has 4 heteroatoms. The van der Waals surface area contributed by atoms with Crippen LogP contribution in [0.2, 0.25) is 0 Å². The molecule has 0 aliphatic carbocycles. The number of oxazole rings is 1. The highest BCUT2D eigenvalue weighted by Crippen LogP contribution is 2.27. The Labute approximate surface area is 103 Å². The van der Waals surface area contributed by atoms with Gasteiger partial charge in [-0.15, -0.1) is 0 Å². The lowest BCUT2D eigenvalue weighted by Gasteiger charge is -1.97. The third-order valence-electron chi connectivity index (χ3n) is 2.30. The monoisotopic (exact) mass is 280 g/mol. The number of rotatable bonds is 4. The van der Waals surface area contributed by atoms with Crippen LogP contribution in [-0.2, 0) is 6.42 Å². The minimum Gasteiger partial charge on any atom is -0.448 e. The minimum atomic E-state index is 0.659. The summed E-state index contributed by atoms with van der Waals surface area (Å²) in [6, 6.07) is 7.95. The first-order valence-electron chi connectivity index (χ1n) is 5.20. The van der Waals surface area contributed by atoms with Gasteiger partial charge in [0, 0.05) is 16.5 Å². The van der Waals surface area contributed by atoms with Gasteiger partial charge in [0.1, 0.15) is 12.0 Å². The molecule has 0 aliphatic heterocycles. The number of nitrogens with two attached hydrogens (primary N) is 1. The van der Waals surface area contributed by atoms with Crippen molar-refractivity contribution >= 4 is 15.9 Å². The first kappa shape index (κ1) is 11.4. The topological polar surface area (TPSA) is 52.0 Å². The molecule has 2 N–H and O–H groups in total. The lowest BCUT2D eigenvalue weighted by Crippen LogP contribution is -2.00. The van der Waals surface area contributed by atoms with Crippen molar-refractivity contribution in [2.24, 2.45) is 5.73 Å². The molecule has 0 radical (unpaired) electrons. The molecule has 16 heavy (non-hydrogen) atoms. The second-order valence-electron chi connectivity index (χ2n) is 3.50. The zero-order valence-electron chi connectivity index (χ0n) is 8.82. The molecule has 0 spiro atoms. The highest BCUT2D eigenvalue weighted by molar-refractivity contribution is 9.10. The zero-order valence-corrected chi connectivity index (χ0v) is 10.4. The van der Waals surface area contributed by atoms with Gasteiger partial charge in [0.25, 0.3) is 0 Å². The van der Waals surface area contributed by atoms with Crippen molar-refractivity contribution in [2.45, 2.75) is 12.8 Å². The van der Waals surface area contributed by atoms with Crippen LogP contribution in [0.15, 0.2) is 39.4 Å². The maximum absolute atomic E-state index is 5.44. The van der Waals surface area contributed by atoms with Gasteiger partial charge in [-0.05, 0) is 19.0 Å². The molecule has 0 bridgehead atoms. The zero-order chi connectivity index (χ0) is 11.4. The Kier molecular flexibility index (Phi) is 3.74. The van der Waals surface area contributed by atoms with E-state index in [9.17, 15) is 0 Å². The van der Waals surface area contributed by atoms with E-state index in [0.29, 0.717) is 6.54 Å². The van der Waals surface area contributed by atoms with Gasteiger partial charge in [-0.25, -0.2) is 4.98 Å². The van der Waals surface area contributed by atoms with Crippen molar-refractivity contribution in [3.63, 3.8) is 0 Å². The SMILES string of the molecule is NCCCc1nc(-c2ccccc2Br)co1. The Balaban J connectivity index is 2.22. The Bertz CT molecular complexity index is 468. The molecular weight excluding hydrogens is 268 g/mol. The summed E-state index contributed by atoms with van der Waals surface area (Å²) in [7, 11) is 0. The number of aromatic nitrogens is 1. The molecule has 0 atom stereocenters. The molecule has 0 unspecified atom stereocenters. The summed E-state index contributed by atoms with van der Waals surface area (Å²) in [4.78, 5) is 4.43. The number of halogens is 1. The molecule has 0 saturated carbocycles. The highest BCUT2D eigenvalue weighted by atomic mass is 79.9. The van der Waals surface area contributed by atoms with Crippen molar-refractivity contribution in [3.8, 4) is 11.3 Å². The van der Waals surface area contributed by atoms with Crippen LogP contribution in [0.4, 0.5) is 0 Å². The first-order valence-corrected chi connectivity index (χ1v) is 6.00. The summed E-state index contributed by atoms with van der Waals surface area (Å²) < 4.78 is 6.41. The number of hydrogen-bond donors (Lipinski definition) is 1. The molecule has 84 valence electrons. The van der Waals surface area contributed by atoms with Gasteiger partial charge < -0.3 is 10.2 Å². The smallest absolute Gasteiger partial charge is 0.194 e. The Morgan fingerprint density at radius 1 is 1.31 bits per heavy atom. The van der Waals surface area contributed by atoms with E-state index in [1.807, 2.05) is 24.3 Å². The molecule has 0 amide bonds. The fraction of sp³-hybridized carbons (Fsp3) is 0.250. The van der Waals surface area contributed by atoms with Gasteiger partial charge in [-0.2, -0.15) is 0 Å². The van der Waals surface area contributed by atoms with Crippen LogP contribution in [0.25, 0.3) is 11.3 Å². The van der Waals surface area contributed by atoms with Gasteiger partial charge >= 0.3 is 0 Å².